The maximum atomic E-state index is 13.0. The third kappa shape index (κ3) is 2.96. The molecule has 0 fully saturated rings. The number of nitriles is 1. The van der Waals surface area contributed by atoms with Gasteiger partial charge in [-0.15, -0.1) is 0 Å². The van der Waals surface area contributed by atoms with Gasteiger partial charge in [-0.1, -0.05) is 17.7 Å². The zero-order valence-corrected chi connectivity index (χ0v) is 10.1. The molecule has 1 heterocycles. The molecule has 0 atom stereocenters. The van der Waals surface area contributed by atoms with Crippen molar-refractivity contribution >= 4 is 17.3 Å². The number of benzene rings is 1. The van der Waals surface area contributed by atoms with Gasteiger partial charge in [-0.05, 0) is 29.8 Å². The largest absolute Gasteiger partial charge is 0.275 e. The van der Waals surface area contributed by atoms with Crippen LogP contribution in [0.4, 0.5) is 10.1 Å². The monoisotopic (exact) mass is 261 g/mol. The van der Waals surface area contributed by atoms with E-state index in [1.54, 1.807) is 24.3 Å². The van der Waals surface area contributed by atoms with E-state index < -0.39 is 5.82 Å². The molecule has 3 nitrogen and oxygen atoms in total. The lowest BCUT2D eigenvalue weighted by molar-refractivity contribution is 0.618. The molecule has 0 aliphatic carbocycles. The zero-order chi connectivity index (χ0) is 13.0. The lowest BCUT2D eigenvalue weighted by atomic mass is 10.2. The highest BCUT2D eigenvalue weighted by molar-refractivity contribution is 6.30. The number of hydrogen-bond acceptors (Lipinski definition) is 3. The predicted molar refractivity (Wildman–Crippen MR) is 67.4 cm³/mol. The maximum absolute atomic E-state index is 13.0. The Labute approximate surface area is 109 Å². The third-order valence-corrected chi connectivity index (χ3v) is 2.58. The van der Waals surface area contributed by atoms with Crippen molar-refractivity contribution in [1.29, 1.82) is 5.26 Å². The minimum Gasteiger partial charge on any atom is -0.275 e. The lowest BCUT2D eigenvalue weighted by Gasteiger charge is -2.15. The summed E-state index contributed by atoms with van der Waals surface area (Å²) >= 11 is 5.87. The van der Waals surface area contributed by atoms with Gasteiger partial charge < -0.3 is 0 Å². The van der Waals surface area contributed by atoms with Crippen molar-refractivity contribution in [3.05, 3.63) is 59.1 Å². The van der Waals surface area contributed by atoms with E-state index in [4.69, 9.17) is 16.9 Å². The summed E-state index contributed by atoms with van der Waals surface area (Å²) in [5.74, 6) is -0.420. The normalized spacial score (nSPS) is 9.83. The summed E-state index contributed by atoms with van der Waals surface area (Å²) in [5.41, 5.74) is 1.28. The van der Waals surface area contributed by atoms with E-state index >= 15 is 0 Å². The van der Waals surface area contributed by atoms with E-state index in [-0.39, 0.29) is 6.54 Å². The Balaban J connectivity index is 2.23. The molecule has 1 aromatic carbocycles. The van der Waals surface area contributed by atoms with Gasteiger partial charge in [0, 0.05) is 11.2 Å². The average Bonchev–Trinajstić information content (AvgIpc) is 2.36. The molecule has 0 aliphatic heterocycles. The molecule has 0 amide bonds. The van der Waals surface area contributed by atoms with Gasteiger partial charge in [-0.3, -0.25) is 9.88 Å². The van der Waals surface area contributed by atoms with Gasteiger partial charge in [0.15, 0.2) is 6.19 Å². The molecule has 0 aliphatic rings. The van der Waals surface area contributed by atoms with E-state index in [9.17, 15) is 4.39 Å². The first kappa shape index (κ1) is 12.3. The molecule has 0 N–H and O–H groups in total. The van der Waals surface area contributed by atoms with E-state index in [1.165, 1.54) is 17.2 Å². The first-order valence-corrected chi connectivity index (χ1v) is 5.59. The smallest absolute Gasteiger partial charge is 0.184 e. The predicted octanol–water partition coefficient (Wildman–Crippen LogP) is 3.36. The van der Waals surface area contributed by atoms with Crippen LogP contribution in [0.2, 0.25) is 5.02 Å². The number of halogens is 2. The van der Waals surface area contributed by atoms with Gasteiger partial charge in [-0.2, -0.15) is 5.26 Å². The summed E-state index contributed by atoms with van der Waals surface area (Å²) in [7, 11) is 0. The van der Waals surface area contributed by atoms with Crippen LogP contribution in [0, 0.1) is 17.3 Å². The van der Waals surface area contributed by atoms with Crippen molar-refractivity contribution in [3.8, 4) is 6.19 Å². The zero-order valence-electron chi connectivity index (χ0n) is 9.35. The van der Waals surface area contributed by atoms with Crippen molar-refractivity contribution in [2.75, 3.05) is 4.90 Å². The highest BCUT2D eigenvalue weighted by atomic mass is 35.5. The topological polar surface area (TPSA) is 39.9 Å². The Hall–Kier alpha value is -2.12. The Kier molecular flexibility index (Phi) is 3.75. The molecular formula is C13H9ClFN3. The van der Waals surface area contributed by atoms with Crippen LogP contribution in [0.1, 0.15) is 5.56 Å². The molecule has 18 heavy (non-hydrogen) atoms. The Bertz CT molecular complexity index is 595. The van der Waals surface area contributed by atoms with Crippen molar-refractivity contribution in [2.24, 2.45) is 0 Å². The second-order valence-corrected chi connectivity index (χ2v) is 4.11. The Morgan fingerprint density at radius 1 is 1.33 bits per heavy atom. The van der Waals surface area contributed by atoms with Gasteiger partial charge in [0.05, 0.1) is 18.4 Å². The fourth-order valence-corrected chi connectivity index (χ4v) is 1.74. The van der Waals surface area contributed by atoms with Gasteiger partial charge in [-0.25, -0.2) is 4.39 Å². The van der Waals surface area contributed by atoms with Crippen molar-refractivity contribution in [3.63, 3.8) is 0 Å². The van der Waals surface area contributed by atoms with E-state index in [2.05, 4.69) is 4.98 Å². The number of anilines is 1. The molecule has 5 heteroatoms. The number of pyridine rings is 1. The molecule has 0 unspecified atom stereocenters. The first-order valence-electron chi connectivity index (χ1n) is 5.21. The highest BCUT2D eigenvalue weighted by Crippen LogP contribution is 2.20. The van der Waals surface area contributed by atoms with Gasteiger partial charge in [0.25, 0.3) is 0 Å². The summed E-state index contributed by atoms with van der Waals surface area (Å²) in [6.45, 7) is 0.252. The van der Waals surface area contributed by atoms with Crippen molar-refractivity contribution < 1.29 is 4.39 Å². The molecule has 0 spiro atoms. The van der Waals surface area contributed by atoms with Gasteiger partial charge in [0.2, 0.25) is 0 Å². The Morgan fingerprint density at radius 3 is 2.83 bits per heavy atom. The molecule has 90 valence electrons. The Morgan fingerprint density at radius 2 is 2.17 bits per heavy atom. The molecule has 1 aromatic heterocycles. The van der Waals surface area contributed by atoms with Crippen LogP contribution in [-0.2, 0) is 6.54 Å². The quantitative estimate of drug-likeness (QED) is 0.628. The first-order chi connectivity index (χ1) is 8.69. The van der Waals surface area contributed by atoms with Crippen LogP contribution in [0.15, 0.2) is 42.7 Å². The molecule has 0 bridgehead atoms. The lowest BCUT2D eigenvalue weighted by Crippen LogP contribution is -2.15. The second-order valence-electron chi connectivity index (χ2n) is 3.68. The summed E-state index contributed by atoms with van der Waals surface area (Å²) < 4.78 is 13.0. The van der Waals surface area contributed by atoms with Crippen LogP contribution in [0.5, 0.6) is 0 Å². The average molecular weight is 262 g/mol. The number of rotatable bonds is 3. The van der Waals surface area contributed by atoms with Crippen LogP contribution < -0.4 is 4.90 Å². The standard InChI is InChI=1S/C13H9ClFN3/c14-11-2-1-3-13(5-11)18(9-16)8-10-4-12(15)7-17-6-10/h1-7H,8H2. The van der Waals surface area contributed by atoms with E-state index in [0.717, 1.165) is 6.20 Å². The maximum Gasteiger partial charge on any atom is 0.184 e. The fourth-order valence-electron chi connectivity index (χ4n) is 1.55. The summed E-state index contributed by atoms with van der Waals surface area (Å²) in [4.78, 5) is 5.16. The van der Waals surface area contributed by atoms with Crippen LogP contribution in [-0.4, -0.2) is 4.98 Å². The fraction of sp³-hybridized carbons (Fsp3) is 0.0769. The van der Waals surface area contributed by atoms with Crippen molar-refractivity contribution in [1.82, 2.24) is 4.98 Å². The van der Waals surface area contributed by atoms with Gasteiger partial charge in [0.1, 0.15) is 5.82 Å². The summed E-state index contributed by atoms with van der Waals surface area (Å²) in [6.07, 6.45) is 4.69. The summed E-state index contributed by atoms with van der Waals surface area (Å²) in [5, 5.41) is 9.67. The number of nitrogens with zero attached hydrogens (tertiary/aromatic N) is 3. The molecule has 2 aromatic rings. The highest BCUT2D eigenvalue weighted by Gasteiger charge is 2.07. The minimum absolute atomic E-state index is 0.252. The van der Waals surface area contributed by atoms with Crippen LogP contribution in [0.3, 0.4) is 0 Å². The molecule has 0 saturated heterocycles. The van der Waals surface area contributed by atoms with E-state index in [1.807, 2.05) is 6.19 Å². The SMILES string of the molecule is N#CN(Cc1cncc(F)c1)c1cccc(Cl)c1. The van der Waals surface area contributed by atoms with Crippen molar-refractivity contribution in [2.45, 2.75) is 6.54 Å². The van der Waals surface area contributed by atoms with E-state index in [0.29, 0.717) is 16.3 Å². The number of aromatic nitrogens is 1. The van der Waals surface area contributed by atoms with Gasteiger partial charge >= 0.3 is 0 Å². The second kappa shape index (κ2) is 5.48. The molecular weight excluding hydrogens is 253 g/mol. The number of hydrogen-bond donors (Lipinski definition) is 0. The molecule has 0 radical (unpaired) electrons. The third-order valence-electron chi connectivity index (χ3n) is 2.34. The summed E-state index contributed by atoms with van der Waals surface area (Å²) in [6, 6.07) is 8.28. The molecule has 2 rings (SSSR count). The minimum atomic E-state index is -0.420. The van der Waals surface area contributed by atoms with Crippen LogP contribution in [0.25, 0.3) is 0 Å². The van der Waals surface area contributed by atoms with Crippen LogP contribution >= 0.6 is 11.6 Å². The molecule has 0 saturated carbocycles.